The van der Waals surface area contributed by atoms with Crippen LogP contribution in [0.15, 0.2) is 29.6 Å². The van der Waals surface area contributed by atoms with Gasteiger partial charge in [-0.1, -0.05) is 52.4 Å². The van der Waals surface area contributed by atoms with E-state index in [1.54, 1.807) is 0 Å². The number of unbranched alkanes of at least 4 members (excludes halogenated alkanes) is 6. The van der Waals surface area contributed by atoms with Gasteiger partial charge in [-0.15, -0.1) is 22.7 Å². The van der Waals surface area contributed by atoms with Gasteiger partial charge in [-0.05, 0) is 62.8 Å². The van der Waals surface area contributed by atoms with E-state index < -0.39 is 0 Å². The van der Waals surface area contributed by atoms with E-state index in [0.717, 1.165) is 92.8 Å². The highest BCUT2D eigenvalue weighted by Gasteiger charge is 2.29. The van der Waals surface area contributed by atoms with Crippen molar-refractivity contribution >= 4 is 114 Å². The summed E-state index contributed by atoms with van der Waals surface area (Å²) in [5.41, 5.74) is 14.6. The molecule has 0 spiro atoms. The molecule has 4 aromatic heterocycles. The smallest absolute Gasteiger partial charge is 0.116 e. The van der Waals surface area contributed by atoms with Crippen molar-refractivity contribution in [1.29, 1.82) is 0 Å². The van der Waals surface area contributed by atoms with Gasteiger partial charge in [0.05, 0.1) is 57.3 Å². The lowest BCUT2D eigenvalue weighted by molar-refractivity contribution is 0.668. The zero-order valence-electron chi connectivity index (χ0n) is 27.3. The number of thiophene rings is 2. The minimum Gasteiger partial charge on any atom is -0.173 e. The van der Waals surface area contributed by atoms with E-state index in [2.05, 4.69) is 39.8 Å². The predicted molar refractivity (Wildman–Crippen MR) is 209 cm³/mol. The third kappa shape index (κ3) is 5.58. The highest BCUT2D eigenvalue weighted by Crippen LogP contribution is 2.55. The summed E-state index contributed by atoms with van der Waals surface area (Å²) in [6, 6.07) is 4.88. The maximum absolute atomic E-state index is 4.83. The number of benzene rings is 2. The molecule has 0 N–H and O–H groups in total. The molecule has 48 heavy (non-hydrogen) atoms. The quantitative estimate of drug-likeness (QED) is 0.110. The summed E-state index contributed by atoms with van der Waals surface area (Å²) in [5, 5.41) is 0. The minimum absolute atomic E-state index is 0.941. The normalized spacial score (nSPS) is 13.2. The van der Waals surface area contributed by atoms with Crippen molar-refractivity contribution in [3.05, 3.63) is 34.4 Å². The minimum atomic E-state index is 0.941. The maximum atomic E-state index is 4.83. The lowest BCUT2D eigenvalue weighted by Gasteiger charge is -2.10. The first-order chi connectivity index (χ1) is 23.6. The van der Waals surface area contributed by atoms with Gasteiger partial charge in [-0.25, -0.2) is 0 Å². The van der Waals surface area contributed by atoms with Crippen molar-refractivity contribution in [2.45, 2.75) is 91.9 Å². The molecule has 14 heteroatoms. The number of hydrogen-bond donors (Lipinski definition) is 0. The van der Waals surface area contributed by atoms with Gasteiger partial charge in [0, 0.05) is 30.6 Å². The fraction of sp³-hybridized carbons (Fsp3) is 0.412. The third-order valence-electron chi connectivity index (χ3n) is 9.24. The van der Waals surface area contributed by atoms with Gasteiger partial charge in [-0.3, -0.25) is 0 Å². The van der Waals surface area contributed by atoms with Crippen LogP contribution in [0.25, 0.3) is 52.7 Å². The van der Waals surface area contributed by atoms with Crippen molar-refractivity contribution in [3.63, 3.8) is 0 Å². The monoisotopic (exact) mass is 746 g/mol. The van der Waals surface area contributed by atoms with Gasteiger partial charge in [-0.2, -0.15) is 34.9 Å². The molecule has 0 saturated carbocycles. The molecule has 2 aromatic carbocycles. The Morgan fingerprint density at radius 1 is 0.500 bits per heavy atom. The Morgan fingerprint density at radius 2 is 0.917 bits per heavy atom. The Hall–Kier alpha value is -2.88. The summed E-state index contributed by atoms with van der Waals surface area (Å²) in [6.07, 6.45) is 11.8. The summed E-state index contributed by atoms with van der Waals surface area (Å²) < 4.78 is 38.2. The van der Waals surface area contributed by atoms with Crippen LogP contribution < -0.4 is 0 Å². The van der Waals surface area contributed by atoms with E-state index in [1.165, 1.54) is 115 Å². The van der Waals surface area contributed by atoms with Gasteiger partial charge < -0.3 is 0 Å². The number of hydrogen-bond acceptors (Lipinski definition) is 12. The number of fused-ring (bicyclic) bond motifs is 4. The first-order valence-corrected chi connectivity index (χ1v) is 21.1. The average molecular weight is 747 g/mol. The van der Waals surface area contributed by atoms with Gasteiger partial charge >= 0.3 is 0 Å². The molecule has 0 amide bonds. The second-order valence-corrected chi connectivity index (χ2v) is 16.6. The fourth-order valence-corrected chi connectivity index (χ4v) is 11.7. The molecular weight excluding hydrogens is 713 g/mol. The highest BCUT2D eigenvalue weighted by atomic mass is 32.1. The Morgan fingerprint density at radius 3 is 1.35 bits per heavy atom. The molecule has 8 rings (SSSR count). The van der Waals surface area contributed by atoms with Crippen molar-refractivity contribution in [3.8, 4) is 30.6 Å². The van der Waals surface area contributed by atoms with Crippen LogP contribution in [-0.4, -0.2) is 17.5 Å². The van der Waals surface area contributed by atoms with E-state index in [0.29, 0.717) is 0 Å². The Labute approximate surface area is 303 Å². The van der Waals surface area contributed by atoms with Gasteiger partial charge in [0.2, 0.25) is 0 Å². The van der Waals surface area contributed by atoms with E-state index >= 15 is 0 Å². The summed E-state index contributed by atoms with van der Waals surface area (Å²) in [6.45, 7) is 8.72. The van der Waals surface area contributed by atoms with Gasteiger partial charge in [0.25, 0.3) is 0 Å². The van der Waals surface area contributed by atoms with Crippen molar-refractivity contribution in [2.75, 3.05) is 0 Å². The Kier molecular flexibility index (Phi) is 9.29. The predicted octanol–water partition coefficient (Wildman–Crippen LogP) is 13.1. The lowest BCUT2D eigenvalue weighted by atomic mass is 9.98. The van der Waals surface area contributed by atoms with Crippen LogP contribution >= 0.6 is 46.1 Å². The van der Waals surface area contributed by atoms with E-state index in [9.17, 15) is 0 Å². The van der Waals surface area contributed by atoms with Crippen LogP contribution in [0.5, 0.6) is 0 Å². The first-order valence-electron chi connectivity index (χ1n) is 16.6. The van der Waals surface area contributed by atoms with Crippen LogP contribution in [0.4, 0.5) is 22.7 Å². The molecule has 2 aliphatic rings. The molecule has 6 heterocycles. The molecule has 2 aliphatic heterocycles. The topological polar surface area (TPSA) is 101 Å². The van der Waals surface area contributed by atoms with E-state index in [4.69, 9.17) is 34.9 Å². The molecule has 6 aromatic rings. The molecule has 0 radical (unpaired) electrons. The second-order valence-electron chi connectivity index (χ2n) is 12.4. The molecule has 0 fully saturated rings. The van der Waals surface area contributed by atoms with Crippen LogP contribution in [-0.2, 0) is 35.6 Å². The summed E-state index contributed by atoms with van der Waals surface area (Å²) >= 11 is 8.84. The first kappa shape index (κ1) is 32.3. The summed E-state index contributed by atoms with van der Waals surface area (Å²) in [7, 11) is 0. The van der Waals surface area contributed by atoms with Crippen molar-refractivity contribution in [2.24, 2.45) is 17.5 Å². The van der Waals surface area contributed by atoms with Gasteiger partial charge in [0.15, 0.2) is 0 Å². The zero-order valence-corrected chi connectivity index (χ0v) is 32.2. The molecule has 0 aliphatic carbocycles. The summed E-state index contributed by atoms with van der Waals surface area (Å²) in [5.74, 6) is 0. The van der Waals surface area contributed by atoms with E-state index in [-0.39, 0.29) is 0 Å². The molecule has 0 saturated heterocycles. The van der Waals surface area contributed by atoms with E-state index in [1.807, 2.05) is 22.7 Å². The molecule has 0 bridgehead atoms. The maximum Gasteiger partial charge on any atom is 0.116 e. The number of rotatable bonds is 13. The Bertz CT molecular complexity index is 2180. The summed E-state index contributed by atoms with van der Waals surface area (Å²) in [4.78, 5) is 5.07. The van der Waals surface area contributed by atoms with Crippen LogP contribution in [0.1, 0.15) is 87.5 Å². The molecule has 8 nitrogen and oxygen atoms in total. The molecular formula is C34H34N8S6. The fourth-order valence-electron chi connectivity index (χ4n) is 6.65. The zero-order chi connectivity index (χ0) is 32.8. The molecule has 0 atom stereocenters. The second kappa shape index (κ2) is 13.8. The molecule has 0 unspecified atom stereocenters. The third-order valence-corrected chi connectivity index (χ3v) is 13.9. The van der Waals surface area contributed by atoms with Crippen molar-refractivity contribution in [1.82, 2.24) is 17.5 Å². The number of aromatic nitrogens is 4. The van der Waals surface area contributed by atoms with Crippen molar-refractivity contribution < 1.29 is 0 Å². The number of nitrogens with zero attached hydrogens (tertiary/aromatic N) is 8. The lowest BCUT2D eigenvalue weighted by Crippen LogP contribution is -1.90. The SMILES string of the molecule is CCCCCCc1cc(-c2cc(CCCCCC)c(-c3c4c(c(C)c5nsnc35)N=S=N4)s2)sc1-c1c2c(c(C)c3nsnc13)N=S=N2. The van der Waals surface area contributed by atoms with Crippen LogP contribution in [0.3, 0.4) is 0 Å². The largest absolute Gasteiger partial charge is 0.173 e. The van der Waals surface area contributed by atoms with Crippen LogP contribution in [0, 0.1) is 13.8 Å². The van der Waals surface area contributed by atoms with Crippen LogP contribution in [0.2, 0.25) is 0 Å². The number of aryl methyl sites for hydroxylation is 4. The average Bonchev–Trinajstić information content (AvgIpc) is 3.94. The standard InChI is InChI=1S/C34H34N8S6/c1-5-7-9-11-13-19-15-21(43-33(19)23-29-25(35-45-39-29)17(3)26-30(23)40-46-36-26)22-16-20(14-12-10-8-6-2)34(44-22)24-31-27(37-47-41-31)18(4)28-32(24)42-48-38-28/h15-16H,5-14H2,1-4H3. The van der Waals surface area contributed by atoms with Gasteiger partial charge in [0.1, 0.15) is 44.8 Å². The molecule has 246 valence electrons. The Balaban J connectivity index is 1.30. The highest BCUT2D eigenvalue weighted by molar-refractivity contribution is 7.58.